The molecular weight excluding hydrogens is 252 g/mol. The molecule has 0 aliphatic carbocycles. The quantitative estimate of drug-likeness (QED) is 0.439. The van der Waals surface area contributed by atoms with Gasteiger partial charge in [-0.25, -0.2) is 4.79 Å². The van der Waals surface area contributed by atoms with Gasteiger partial charge in [-0.15, -0.1) is 0 Å². The first-order valence-corrected chi connectivity index (χ1v) is 5.63. The summed E-state index contributed by atoms with van der Waals surface area (Å²) in [7, 11) is 0. The Morgan fingerprint density at radius 3 is 2.58 bits per heavy atom. The minimum atomic E-state index is -0.552. The van der Waals surface area contributed by atoms with E-state index in [1.165, 1.54) is 25.1 Å². The molecule has 0 unspecified atom stereocenters. The molecule has 0 aliphatic rings. The molecule has 1 rings (SSSR count). The van der Waals surface area contributed by atoms with Crippen LogP contribution >= 0.6 is 0 Å². The fourth-order valence-corrected chi connectivity index (χ4v) is 1.29. The van der Waals surface area contributed by atoms with Crippen molar-refractivity contribution < 1.29 is 28.6 Å². The first kappa shape index (κ1) is 14.7. The van der Waals surface area contributed by atoms with Gasteiger partial charge in [-0.05, 0) is 25.1 Å². The molecule has 0 saturated heterocycles. The van der Waals surface area contributed by atoms with E-state index in [2.05, 4.69) is 0 Å². The molecule has 0 aromatic heterocycles. The van der Waals surface area contributed by atoms with Crippen LogP contribution in [0.1, 0.15) is 24.2 Å². The van der Waals surface area contributed by atoms with Crippen LogP contribution in [0, 0.1) is 0 Å². The second-order valence-corrected chi connectivity index (χ2v) is 3.51. The highest BCUT2D eigenvalue weighted by Crippen LogP contribution is 2.28. The van der Waals surface area contributed by atoms with Crippen LogP contribution in [0.15, 0.2) is 18.2 Å². The number of carbonyl (C=O) groups is 3. The van der Waals surface area contributed by atoms with Gasteiger partial charge in [-0.3, -0.25) is 9.59 Å². The average Bonchev–Trinajstić information content (AvgIpc) is 2.36. The first-order chi connectivity index (χ1) is 9.06. The summed E-state index contributed by atoms with van der Waals surface area (Å²) in [6, 6.07) is 4.29. The summed E-state index contributed by atoms with van der Waals surface area (Å²) in [5, 5.41) is 0. The second-order valence-electron chi connectivity index (χ2n) is 3.51. The lowest BCUT2D eigenvalue weighted by atomic mass is 10.2. The van der Waals surface area contributed by atoms with Gasteiger partial charge in [0.25, 0.3) is 0 Å². The maximum absolute atomic E-state index is 11.2. The highest BCUT2D eigenvalue weighted by Gasteiger charge is 2.11. The third kappa shape index (κ3) is 4.79. The van der Waals surface area contributed by atoms with Crippen molar-refractivity contribution in [2.75, 3.05) is 13.2 Å². The highest BCUT2D eigenvalue weighted by molar-refractivity contribution is 5.78. The van der Waals surface area contributed by atoms with Crippen molar-refractivity contribution in [3.63, 3.8) is 0 Å². The van der Waals surface area contributed by atoms with Crippen LogP contribution in [-0.2, 0) is 14.3 Å². The molecule has 0 aliphatic heterocycles. The molecule has 0 atom stereocenters. The van der Waals surface area contributed by atoms with E-state index >= 15 is 0 Å². The van der Waals surface area contributed by atoms with Gasteiger partial charge < -0.3 is 14.2 Å². The number of ether oxygens (including phenoxy) is 3. The largest absolute Gasteiger partial charge is 0.478 e. The molecule has 0 spiro atoms. The van der Waals surface area contributed by atoms with E-state index in [-0.39, 0.29) is 24.7 Å². The van der Waals surface area contributed by atoms with Gasteiger partial charge in [0.15, 0.2) is 18.1 Å². The molecule has 0 heterocycles. The highest BCUT2D eigenvalue weighted by atomic mass is 16.6. The van der Waals surface area contributed by atoms with Crippen LogP contribution in [0.4, 0.5) is 0 Å². The van der Waals surface area contributed by atoms with Gasteiger partial charge in [0.2, 0.25) is 0 Å². The summed E-state index contributed by atoms with van der Waals surface area (Å²) >= 11 is 0. The fraction of sp³-hybridized carbons (Fsp3) is 0.308. The van der Waals surface area contributed by atoms with Crippen molar-refractivity contribution in [2.45, 2.75) is 13.8 Å². The Hall–Kier alpha value is -2.37. The van der Waals surface area contributed by atoms with Crippen molar-refractivity contribution in [2.24, 2.45) is 0 Å². The van der Waals surface area contributed by atoms with Gasteiger partial charge in [-0.1, -0.05) is 0 Å². The van der Waals surface area contributed by atoms with Gasteiger partial charge >= 0.3 is 11.9 Å². The Morgan fingerprint density at radius 1 is 1.26 bits per heavy atom. The summed E-state index contributed by atoms with van der Waals surface area (Å²) in [6.45, 7) is 2.86. The monoisotopic (exact) mass is 266 g/mol. The fourth-order valence-electron chi connectivity index (χ4n) is 1.29. The van der Waals surface area contributed by atoms with E-state index in [1.807, 2.05) is 0 Å². The van der Waals surface area contributed by atoms with Crippen LogP contribution in [0.3, 0.4) is 0 Å². The smallest absolute Gasteiger partial charge is 0.344 e. The normalized spacial score (nSPS) is 9.58. The lowest BCUT2D eigenvalue weighted by Crippen LogP contribution is -2.15. The molecule has 19 heavy (non-hydrogen) atoms. The Bertz CT molecular complexity index is 480. The van der Waals surface area contributed by atoms with Gasteiger partial charge in [0.1, 0.15) is 6.29 Å². The first-order valence-electron chi connectivity index (χ1n) is 5.63. The third-order valence-corrected chi connectivity index (χ3v) is 2.01. The Kier molecular flexibility index (Phi) is 5.53. The summed E-state index contributed by atoms with van der Waals surface area (Å²) in [4.78, 5) is 32.8. The summed E-state index contributed by atoms with van der Waals surface area (Å²) < 4.78 is 14.8. The lowest BCUT2D eigenvalue weighted by molar-refractivity contribution is -0.145. The molecule has 1 aromatic rings. The molecule has 0 amide bonds. The minimum Gasteiger partial charge on any atom is -0.478 e. The predicted molar refractivity (Wildman–Crippen MR) is 65.3 cm³/mol. The van der Waals surface area contributed by atoms with Crippen LogP contribution in [0.5, 0.6) is 11.5 Å². The zero-order chi connectivity index (χ0) is 14.3. The van der Waals surface area contributed by atoms with E-state index in [9.17, 15) is 14.4 Å². The summed E-state index contributed by atoms with van der Waals surface area (Å²) in [6.07, 6.45) is 0.613. The van der Waals surface area contributed by atoms with Crippen LogP contribution in [-0.4, -0.2) is 31.4 Å². The molecule has 6 heteroatoms. The summed E-state index contributed by atoms with van der Waals surface area (Å²) in [5.74, 6) is -0.810. The molecule has 0 saturated carbocycles. The van der Waals surface area contributed by atoms with Crippen molar-refractivity contribution in [3.8, 4) is 11.5 Å². The van der Waals surface area contributed by atoms with Crippen molar-refractivity contribution in [3.05, 3.63) is 23.8 Å². The van der Waals surface area contributed by atoms with E-state index < -0.39 is 11.9 Å². The number of carbonyl (C=O) groups excluding carboxylic acids is 3. The molecule has 102 valence electrons. The molecular formula is C13H14O6. The lowest BCUT2D eigenvalue weighted by Gasteiger charge is -2.10. The topological polar surface area (TPSA) is 78.9 Å². The Labute approximate surface area is 110 Å². The van der Waals surface area contributed by atoms with Gasteiger partial charge in [-0.2, -0.15) is 0 Å². The second kappa shape index (κ2) is 7.15. The Morgan fingerprint density at radius 2 is 2.00 bits per heavy atom. The molecule has 0 bridgehead atoms. The van der Waals surface area contributed by atoms with Crippen LogP contribution in [0.2, 0.25) is 0 Å². The molecule has 0 radical (unpaired) electrons. The number of benzene rings is 1. The van der Waals surface area contributed by atoms with Crippen LogP contribution in [0.25, 0.3) is 0 Å². The van der Waals surface area contributed by atoms with E-state index in [1.54, 1.807) is 6.92 Å². The standard InChI is InChI=1S/C13H14O6/c1-3-17-13(16)8-18-11-5-4-10(7-14)6-12(11)19-9(2)15/h4-7H,3,8H2,1-2H3. The number of hydrogen-bond donors (Lipinski definition) is 0. The average molecular weight is 266 g/mol. The predicted octanol–water partition coefficient (Wildman–Crippen LogP) is 1.37. The minimum absolute atomic E-state index is 0.0846. The number of rotatable bonds is 6. The van der Waals surface area contributed by atoms with E-state index in [0.717, 1.165) is 0 Å². The molecule has 0 N–H and O–H groups in total. The maximum Gasteiger partial charge on any atom is 0.344 e. The van der Waals surface area contributed by atoms with Crippen molar-refractivity contribution in [1.82, 2.24) is 0 Å². The van der Waals surface area contributed by atoms with Crippen LogP contribution < -0.4 is 9.47 Å². The van der Waals surface area contributed by atoms with Crippen molar-refractivity contribution in [1.29, 1.82) is 0 Å². The van der Waals surface area contributed by atoms with E-state index in [0.29, 0.717) is 11.8 Å². The number of hydrogen-bond acceptors (Lipinski definition) is 6. The maximum atomic E-state index is 11.2. The summed E-state index contributed by atoms with van der Waals surface area (Å²) in [5.41, 5.74) is 0.333. The van der Waals surface area contributed by atoms with Crippen molar-refractivity contribution >= 4 is 18.2 Å². The number of aldehydes is 1. The number of esters is 2. The molecule has 6 nitrogen and oxygen atoms in total. The molecule has 0 fully saturated rings. The Balaban J connectivity index is 2.83. The van der Waals surface area contributed by atoms with Gasteiger partial charge in [0.05, 0.1) is 6.61 Å². The SMILES string of the molecule is CCOC(=O)COc1ccc(C=O)cc1OC(C)=O. The third-order valence-electron chi connectivity index (χ3n) is 2.01. The molecule has 1 aromatic carbocycles. The zero-order valence-electron chi connectivity index (χ0n) is 10.7. The van der Waals surface area contributed by atoms with E-state index in [4.69, 9.17) is 14.2 Å². The zero-order valence-corrected chi connectivity index (χ0v) is 10.7. The van der Waals surface area contributed by atoms with Gasteiger partial charge in [0, 0.05) is 12.5 Å².